The second kappa shape index (κ2) is 8.52. The second-order valence-electron chi connectivity index (χ2n) is 5.35. The van der Waals surface area contributed by atoms with E-state index in [0.717, 1.165) is 5.75 Å². The number of amides is 4. The third kappa shape index (κ3) is 4.98. The maximum atomic E-state index is 11.9. The molecule has 2 heterocycles. The van der Waals surface area contributed by atoms with Gasteiger partial charge in [0, 0.05) is 42.7 Å². The monoisotopic (exact) mass is 346 g/mol. The first-order valence-corrected chi connectivity index (χ1v) is 9.11. The number of thiol groups is 1. The summed E-state index contributed by atoms with van der Waals surface area (Å²) < 4.78 is 0. The number of rotatable bonds is 8. The van der Waals surface area contributed by atoms with Crippen molar-refractivity contribution in [1.82, 2.24) is 21.3 Å². The molecule has 2 aliphatic rings. The van der Waals surface area contributed by atoms with Crippen molar-refractivity contribution < 1.29 is 14.4 Å². The van der Waals surface area contributed by atoms with E-state index in [4.69, 9.17) is 0 Å². The number of carbonyl (C=O) groups is 3. The molecule has 124 valence electrons. The zero-order valence-corrected chi connectivity index (χ0v) is 14.0. The van der Waals surface area contributed by atoms with E-state index in [2.05, 4.69) is 33.9 Å². The first-order chi connectivity index (χ1) is 10.6. The summed E-state index contributed by atoms with van der Waals surface area (Å²) in [6.45, 7) is 1.05. The average molecular weight is 346 g/mol. The summed E-state index contributed by atoms with van der Waals surface area (Å²) in [5, 5.41) is 11.4. The van der Waals surface area contributed by atoms with E-state index in [1.165, 1.54) is 0 Å². The number of urea groups is 1. The van der Waals surface area contributed by atoms with Crippen molar-refractivity contribution in [2.45, 2.75) is 36.6 Å². The van der Waals surface area contributed by atoms with Gasteiger partial charge in [-0.3, -0.25) is 9.59 Å². The molecule has 0 radical (unpaired) electrons. The van der Waals surface area contributed by atoms with Crippen molar-refractivity contribution in [2.24, 2.45) is 0 Å². The molecule has 2 rings (SSSR count). The molecule has 4 N–H and O–H groups in total. The number of fused-ring (bicyclic) bond motifs is 1. The van der Waals surface area contributed by atoms with Crippen molar-refractivity contribution in [3.8, 4) is 0 Å². The predicted molar refractivity (Wildman–Crippen MR) is 89.2 cm³/mol. The Morgan fingerprint density at radius 1 is 1.23 bits per heavy atom. The fourth-order valence-electron chi connectivity index (χ4n) is 2.58. The van der Waals surface area contributed by atoms with Crippen LogP contribution in [0.5, 0.6) is 0 Å². The summed E-state index contributed by atoms with van der Waals surface area (Å²) in [5.74, 6) is 1.41. The summed E-state index contributed by atoms with van der Waals surface area (Å²) in [6.07, 6.45) is 1.41. The Kier molecular flexibility index (Phi) is 6.69. The van der Waals surface area contributed by atoms with E-state index in [1.54, 1.807) is 11.8 Å². The van der Waals surface area contributed by atoms with Crippen LogP contribution >= 0.6 is 24.4 Å². The molecule has 0 aromatic rings. The van der Waals surface area contributed by atoms with Crippen LogP contribution in [0, 0.1) is 0 Å². The highest BCUT2D eigenvalue weighted by atomic mass is 32.2. The molecule has 2 aliphatic heterocycles. The number of thioether (sulfide) groups is 1. The third-order valence-corrected chi connectivity index (χ3v) is 5.32. The van der Waals surface area contributed by atoms with Gasteiger partial charge in [-0.15, -0.1) is 0 Å². The zero-order chi connectivity index (χ0) is 15.9. The molecule has 7 nitrogen and oxygen atoms in total. The Balaban J connectivity index is 1.58. The molecule has 3 atom stereocenters. The summed E-state index contributed by atoms with van der Waals surface area (Å²) in [4.78, 5) is 34.6. The van der Waals surface area contributed by atoms with Crippen LogP contribution in [0.1, 0.15) is 19.3 Å². The van der Waals surface area contributed by atoms with E-state index in [-0.39, 0.29) is 35.2 Å². The van der Waals surface area contributed by atoms with E-state index in [0.29, 0.717) is 38.1 Å². The summed E-state index contributed by atoms with van der Waals surface area (Å²) >= 11 is 5.72. The summed E-state index contributed by atoms with van der Waals surface area (Å²) in [5.41, 5.74) is 0. The fourth-order valence-corrected chi connectivity index (χ4v) is 4.17. The van der Waals surface area contributed by atoms with Crippen LogP contribution < -0.4 is 21.3 Å². The standard InChI is InChI=1S/C13H22N4O3S2/c18-10(15-4-5-21)2-1-3-14-11(19)6-9-12-8(7-22-9)16-13(20)17-12/h8-9,12,21H,1-7H2,(H,14,19)(H,15,18)(H2,16,17,20)/t8-,9?,12-/m1/s1. The summed E-state index contributed by atoms with van der Waals surface area (Å²) in [6, 6.07) is 0.0222. The van der Waals surface area contributed by atoms with Crippen LogP contribution in [0.25, 0.3) is 0 Å². The molecule has 0 bridgehead atoms. The highest BCUT2D eigenvalue weighted by Crippen LogP contribution is 2.31. The number of hydrogen-bond acceptors (Lipinski definition) is 5. The van der Waals surface area contributed by atoms with Crippen LogP contribution in [-0.4, -0.2) is 59.8 Å². The highest BCUT2D eigenvalue weighted by molar-refractivity contribution is 8.00. The average Bonchev–Trinajstić information content (AvgIpc) is 3.02. The third-order valence-electron chi connectivity index (χ3n) is 3.66. The topological polar surface area (TPSA) is 99.3 Å². The molecule has 1 unspecified atom stereocenters. The maximum absolute atomic E-state index is 11.9. The van der Waals surface area contributed by atoms with Gasteiger partial charge < -0.3 is 21.3 Å². The van der Waals surface area contributed by atoms with Gasteiger partial charge >= 0.3 is 6.03 Å². The van der Waals surface area contributed by atoms with Gasteiger partial charge in [0.1, 0.15) is 0 Å². The van der Waals surface area contributed by atoms with E-state index in [9.17, 15) is 14.4 Å². The van der Waals surface area contributed by atoms with Gasteiger partial charge in [-0.2, -0.15) is 24.4 Å². The first kappa shape index (κ1) is 17.3. The van der Waals surface area contributed by atoms with Crippen LogP contribution in [-0.2, 0) is 9.59 Å². The highest BCUT2D eigenvalue weighted by Gasteiger charge is 2.43. The quantitative estimate of drug-likeness (QED) is 0.232. The van der Waals surface area contributed by atoms with Crippen LogP contribution in [0.4, 0.5) is 4.79 Å². The fraction of sp³-hybridized carbons (Fsp3) is 0.769. The lowest BCUT2D eigenvalue weighted by atomic mass is 10.1. The largest absolute Gasteiger partial charge is 0.356 e. The maximum Gasteiger partial charge on any atom is 0.315 e. The van der Waals surface area contributed by atoms with Crippen LogP contribution in [0.15, 0.2) is 0 Å². The molecule has 2 fully saturated rings. The van der Waals surface area contributed by atoms with Crippen molar-refractivity contribution in [1.29, 1.82) is 0 Å². The number of nitrogens with one attached hydrogen (secondary N) is 4. The lowest BCUT2D eigenvalue weighted by Gasteiger charge is -2.16. The van der Waals surface area contributed by atoms with Crippen LogP contribution in [0.2, 0.25) is 0 Å². The summed E-state index contributed by atoms with van der Waals surface area (Å²) in [7, 11) is 0. The predicted octanol–water partition coefficient (Wildman–Crippen LogP) is -0.516. The number of hydrogen-bond donors (Lipinski definition) is 5. The lowest BCUT2D eigenvalue weighted by Crippen LogP contribution is -2.39. The molecular formula is C13H22N4O3S2. The molecule has 0 aromatic heterocycles. The Morgan fingerprint density at radius 3 is 2.77 bits per heavy atom. The van der Waals surface area contributed by atoms with Gasteiger partial charge in [0.2, 0.25) is 11.8 Å². The molecule has 2 saturated heterocycles. The van der Waals surface area contributed by atoms with Crippen LogP contribution in [0.3, 0.4) is 0 Å². The minimum atomic E-state index is -0.145. The zero-order valence-electron chi connectivity index (χ0n) is 12.3. The van der Waals surface area contributed by atoms with E-state index >= 15 is 0 Å². The molecule has 9 heteroatoms. The Hall–Kier alpha value is -1.09. The lowest BCUT2D eigenvalue weighted by molar-refractivity contribution is -0.122. The first-order valence-electron chi connectivity index (χ1n) is 7.43. The van der Waals surface area contributed by atoms with Gasteiger partial charge in [0.25, 0.3) is 0 Å². The van der Waals surface area contributed by atoms with Gasteiger partial charge in [-0.1, -0.05) is 0 Å². The Bertz CT molecular complexity index is 436. The number of carbonyl (C=O) groups excluding carboxylic acids is 3. The van der Waals surface area contributed by atoms with Crippen molar-refractivity contribution >= 4 is 42.2 Å². The Morgan fingerprint density at radius 2 is 2.00 bits per heavy atom. The molecule has 0 aromatic carbocycles. The molecule has 0 spiro atoms. The molecule has 0 saturated carbocycles. The minimum absolute atomic E-state index is 0.0165. The molecule has 0 aliphatic carbocycles. The van der Waals surface area contributed by atoms with Gasteiger partial charge in [0.15, 0.2) is 0 Å². The molecule has 4 amide bonds. The van der Waals surface area contributed by atoms with Gasteiger partial charge in [-0.25, -0.2) is 4.79 Å². The smallest absolute Gasteiger partial charge is 0.315 e. The minimum Gasteiger partial charge on any atom is -0.356 e. The second-order valence-corrected chi connectivity index (χ2v) is 7.07. The van der Waals surface area contributed by atoms with Gasteiger partial charge in [-0.05, 0) is 6.42 Å². The van der Waals surface area contributed by atoms with Crippen molar-refractivity contribution in [2.75, 3.05) is 24.6 Å². The molecular weight excluding hydrogens is 324 g/mol. The van der Waals surface area contributed by atoms with E-state index in [1.807, 2.05) is 0 Å². The normalized spacial score (nSPS) is 26.0. The van der Waals surface area contributed by atoms with Gasteiger partial charge in [0.05, 0.1) is 12.1 Å². The van der Waals surface area contributed by atoms with Crippen molar-refractivity contribution in [3.05, 3.63) is 0 Å². The SMILES string of the molecule is O=C(CCCNC(=O)CC1SC[C@H]2NC(=O)N[C@@H]12)NCCS. The Labute approximate surface area is 139 Å². The molecule has 22 heavy (non-hydrogen) atoms. The van der Waals surface area contributed by atoms with Crippen molar-refractivity contribution in [3.63, 3.8) is 0 Å². The van der Waals surface area contributed by atoms with E-state index < -0.39 is 0 Å².